The van der Waals surface area contributed by atoms with Gasteiger partial charge >= 0.3 is 11.8 Å². The molecular formula is C35H30N2O8S2. The first-order valence-electron chi connectivity index (χ1n) is 15.0. The molecule has 0 aliphatic carbocycles. The molecule has 5 aromatic rings. The number of nitrogens with zero attached hydrogens (tertiary/aromatic N) is 2. The standard InChI is InChI=1S/C35H30N2O8S2/c1-2-24(19-33-36(17-18-46(38,39)40)29-21-27(13-15-31(29)44-33)25-9-5-3-6-10-25)20-34-37(23-35(37)47(41,42)43)30-22-28(14-16-32(30)45-34)26-11-7-4-8-12-26/h3-16,19-22,35H,2,17-18,23H2,1H3/b24-19+,34-20?. The van der Waals surface area contributed by atoms with E-state index < -0.39 is 31.4 Å². The number of aromatic nitrogens is 1. The van der Waals surface area contributed by atoms with Gasteiger partial charge in [-0.1, -0.05) is 79.7 Å². The fourth-order valence-corrected chi connectivity index (χ4v) is 7.68. The summed E-state index contributed by atoms with van der Waals surface area (Å²) < 4.78 is 86.0. The van der Waals surface area contributed by atoms with Crippen molar-refractivity contribution >= 4 is 43.1 Å². The Balaban J connectivity index is 1.33. The smallest absolute Gasteiger partial charge is 0.374 e. The van der Waals surface area contributed by atoms with Gasteiger partial charge in [0.15, 0.2) is 34.6 Å². The maximum atomic E-state index is 12.4. The molecule has 2 atom stereocenters. The molecule has 1 fully saturated rings. The predicted octanol–water partition coefficient (Wildman–Crippen LogP) is 5.52. The summed E-state index contributed by atoms with van der Waals surface area (Å²) >= 11 is 0. The first kappa shape index (κ1) is 31.0. The molecule has 240 valence electrons. The SMILES string of the molecule is CC/C(C=C1Oc2ccc(-c3ccccc3)cc2[N+]12CC2S(=O)(=O)[O-])=C\c1oc2ccc(-c3ccccc3)cc2[n+]1CCS(=O)(=O)[O-]. The molecule has 2 aliphatic rings. The Morgan fingerprint density at radius 2 is 1.51 bits per heavy atom. The number of hydrogen-bond acceptors (Lipinski definition) is 8. The average molecular weight is 671 g/mol. The number of aryl methyl sites for hydroxylation is 1. The van der Waals surface area contributed by atoms with Crippen molar-refractivity contribution in [3.05, 3.63) is 120 Å². The Labute approximate surface area is 272 Å². The molecule has 3 heterocycles. The lowest BCUT2D eigenvalue weighted by Gasteiger charge is -2.15. The van der Waals surface area contributed by atoms with Crippen LogP contribution in [0.5, 0.6) is 5.75 Å². The number of fused-ring (bicyclic) bond motifs is 3. The molecular weight excluding hydrogens is 641 g/mol. The number of rotatable bonds is 9. The summed E-state index contributed by atoms with van der Waals surface area (Å²) in [5.74, 6) is 0.412. The molecule has 1 aromatic heterocycles. The number of hydrogen-bond donors (Lipinski definition) is 0. The maximum absolute atomic E-state index is 12.4. The molecule has 2 unspecified atom stereocenters. The van der Waals surface area contributed by atoms with E-state index in [-0.39, 0.29) is 17.6 Å². The minimum atomic E-state index is -4.68. The molecule has 1 saturated heterocycles. The Morgan fingerprint density at radius 3 is 2.11 bits per heavy atom. The molecule has 7 rings (SSSR count). The van der Waals surface area contributed by atoms with Crippen molar-refractivity contribution in [1.29, 1.82) is 0 Å². The van der Waals surface area contributed by atoms with Crippen LogP contribution < -0.4 is 13.8 Å². The first-order chi connectivity index (χ1) is 22.5. The second kappa shape index (κ2) is 11.6. The van der Waals surface area contributed by atoms with Gasteiger partial charge in [0.25, 0.3) is 5.52 Å². The molecule has 1 spiro atoms. The highest BCUT2D eigenvalue weighted by Gasteiger charge is 2.69. The van der Waals surface area contributed by atoms with Crippen LogP contribution in [0, 0.1) is 0 Å². The number of allylic oxidation sites excluding steroid dienone is 2. The lowest BCUT2D eigenvalue weighted by atomic mass is 10.0. The third-order valence-electron chi connectivity index (χ3n) is 8.67. The van der Waals surface area contributed by atoms with Crippen molar-refractivity contribution in [2.45, 2.75) is 25.3 Å². The van der Waals surface area contributed by atoms with Crippen molar-refractivity contribution < 1.29 is 39.7 Å². The second-order valence-corrected chi connectivity index (χ2v) is 14.7. The lowest BCUT2D eigenvalue weighted by Crippen LogP contribution is -2.38. The Morgan fingerprint density at radius 1 is 0.872 bits per heavy atom. The zero-order chi connectivity index (χ0) is 33.0. The summed E-state index contributed by atoms with van der Waals surface area (Å²) in [7, 11) is -9.21. The van der Waals surface area contributed by atoms with E-state index in [9.17, 15) is 25.9 Å². The van der Waals surface area contributed by atoms with Gasteiger partial charge in [-0.15, -0.1) is 0 Å². The van der Waals surface area contributed by atoms with Gasteiger partial charge in [-0.3, -0.25) is 0 Å². The lowest BCUT2D eigenvalue weighted by molar-refractivity contribution is -0.673. The molecule has 2 aliphatic heterocycles. The van der Waals surface area contributed by atoms with Gasteiger partial charge in [-0.2, -0.15) is 9.05 Å². The molecule has 47 heavy (non-hydrogen) atoms. The van der Waals surface area contributed by atoms with E-state index >= 15 is 0 Å². The summed E-state index contributed by atoms with van der Waals surface area (Å²) in [6, 6.07) is 30.4. The number of quaternary nitrogens is 1. The van der Waals surface area contributed by atoms with E-state index in [0.29, 0.717) is 46.3 Å². The van der Waals surface area contributed by atoms with Crippen LogP contribution in [0.15, 0.2) is 119 Å². The zero-order valence-corrected chi connectivity index (χ0v) is 26.9. The molecule has 10 nitrogen and oxygen atoms in total. The predicted molar refractivity (Wildman–Crippen MR) is 175 cm³/mol. The van der Waals surface area contributed by atoms with E-state index in [4.69, 9.17) is 9.15 Å². The van der Waals surface area contributed by atoms with Crippen LogP contribution >= 0.6 is 0 Å². The number of oxazole rings is 1. The van der Waals surface area contributed by atoms with E-state index in [1.807, 2.05) is 91.9 Å². The van der Waals surface area contributed by atoms with E-state index in [0.717, 1.165) is 22.3 Å². The van der Waals surface area contributed by atoms with Crippen LogP contribution in [0.4, 0.5) is 5.69 Å². The van der Waals surface area contributed by atoms with Crippen molar-refractivity contribution in [3.63, 3.8) is 0 Å². The van der Waals surface area contributed by atoms with Crippen LogP contribution in [0.1, 0.15) is 19.2 Å². The minimum Gasteiger partial charge on any atom is -0.748 e. The highest BCUT2D eigenvalue weighted by molar-refractivity contribution is 7.86. The highest BCUT2D eigenvalue weighted by atomic mass is 32.2. The van der Waals surface area contributed by atoms with Gasteiger partial charge in [-0.25, -0.2) is 16.8 Å². The van der Waals surface area contributed by atoms with Crippen LogP contribution in [0.2, 0.25) is 0 Å². The average Bonchev–Trinajstić information content (AvgIpc) is 3.65. The quantitative estimate of drug-likeness (QED) is 0.0865. The molecule has 4 aromatic carbocycles. The highest BCUT2D eigenvalue weighted by Crippen LogP contribution is 2.56. The van der Waals surface area contributed by atoms with E-state index in [2.05, 4.69) is 0 Å². The van der Waals surface area contributed by atoms with Crippen LogP contribution in [0.3, 0.4) is 0 Å². The zero-order valence-electron chi connectivity index (χ0n) is 25.3. The van der Waals surface area contributed by atoms with Crippen molar-refractivity contribution in [1.82, 2.24) is 4.48 Å². The minimum absolute atomic E-state index is 0.0359. The third-order valence-corrected chi connectivity index (χ3v) is 10.5. The van der Waals surface area contributed by atoms with Gasteiger partial charge in [0, 0.05) is 18.2 Å². The van der Waals surface area contributed by atoms with Gasteiger partial charge in [0.05, 0.1) is 11.8 Å². The second-order valence-electron chi connectivity index (χ2n) is 11.6. The summed E-state index contributed by atoms with van der Waals surface area (Å²) in [6.07, 6.45) is 3.89. The van der Waals surface area contributed by atoms with E-state index in [1.54, 1.807) is 28.9 Å². The summed E-state index contributed by atoms with van der Waals surface area (Å²) in [4.78, 5) is 0. The largest absolute Gasteiger partial charge is 0.748 e. The molecule has 0 saturated carbocycles. The summed E-state index contributed by atoms with van der Waals surface area (Å²) in [6.45, 7) is 1.79. The third kappa shape index (κ3) is 5.90. The molecule has 0 radical (unpaired) electrons. The Bertz CT molecular complexity index is 2300. The summed E-state index contributed by atoms with van der Waals surface area (Å²) in [5.41, 5.74) is 6.00. The monoisotopic (exact) mass is 670 g/mol. The van der Waals surface area contributed by atoms with Crippen molar-refractivity contribution in [2.24, 2.45) is 0 Å². The van der Waals surface area contributed by atoms with E-state index in [1.165, 1.54) is 0 Å². The molecule has 0 bridgehead atoms. The van der Waals surface area contributed by atoms with Crippen LogP contribution in [0.25, 0.3) is 39.4 Å². The number of ether oxygens (including phenoxy) is 1. The Hall–Kier alpha value is -4.59. The van der Waals surface area contributed by atoms with Gasteiger partial charge in [-0.05, 0) is 46.4 Å². The van der Waals surface area contributed by atoms with Gasteiger partial charge in [0.2, 0.25) is 11.0 Å². The molecule has 0 N–H and O–H groups in total. The topological polar surface area (TPSA) is 141 Å². The fourth-order valence-electron chi connectivity index (χ4n) is 6.19. The molecule has 0 amide bonds. The van der Waals surface area contributed by atoms with Gasteiger partial charge in [0.1, 0.15) is 10.1 Å². The fraction of sp³-hybridized carbons (Fsp3) is 0.171. The van der Waals surface area contributed by atoms with Crippen LogP contribution in [-0.4, -0.2) is 43.6 Å². The first-order valence-corrected chi connectivity index (χ1v) is 18.1. The van der Waals surface area contributed by atoms with Crippen molar-refractivity contribution in [2.75, 3.05) is 12.3 Å². The van der Waals surface area contributed by atoms with Gasteiger partial charge < -0.3 is 18.3 Å². The van der Waals surface area contributed by atoms with Crippen molar-refractivity contribution in [3.8, 4) is 28.0 Å². The molecule has 12 heteroatoms. The number of benzene rings is 4. The summed E-state index contributed by atoms with van der Waals surface area (Å²) in [5, 5.41) is -1.24. The van der Waals surface area contributed by atoms with Crippen LogP contribution in [-0.2, 0) is 26.8 Å². The Kier molecular flexibility index (Phi) is 7.65. The maximum Gasteiger partial charge on any atom is 0.374 e. The normalized spacial score (nSPS) is 20.1.